The second-order valence-electron chi connectivity index (χ2n) is 9.40. The fourth-order valence-electron chi connectivity index (χ4n) is 4.81. The van der Waals surface area contributed by atoms with E-state index in [1.807, 2.05) is 18.5 Å². The van der Waals surface area contributed by atoms with Crippen molar-refractivity contribution in [3.05, 3.63) is 59.4 Å². The molecule has 0 aromatic carbocycles. The summed E-state index contributed by atoms with van der Waals surface area (Å²) in [5.41, 5.74) is 2.83. The molecule has 2 aliphatic rings. The number of nitrogens with zero attached hydrogens (tertiary/aromatic N) is 6. The van der Waals surface area contributed by atoms with Crippen LogP contribution in [0.1, 0.15) is 37.2 Å². The highest BCUT2D eigenvalue weighted by molar-refractivity contribution is 6.30. The van der Waals surface area contributed by atoms with E-state index in [-0.39, 0.29) is 10.8 Å². The van der Waals surface area contributed by atoms with Crippen LogP contribution in [0.4, 0.5) is 21.8 Å². The maximum absolute atomic E-state index is 14.3. The van der Waals surface area contributed by atoms with Gasteiger partial charge in [-0.15, -0.1) is 0 Å². The van der Waals surface area contributed by atoms with E-state index in [1.165, 1.54) is 30.7 Å². The van der Waals surface area contributed by atoms with Crippen molar-refractivity contribution in [1.29, 1.82) is 0 Å². The number of aromatic nitrogens is 5. The fourth-order valence-corrected chi connectivity index (χ4v) is 4.95. The lowest BCUT2D eigenvalue weighted by molar-refractivity contribution is 0.442. The van der Waals surface area contributed by atoms with Crippen LogP contribution in [-0.4, -0.2) is 51.1 Å². The molecule has 1 aliphatic carbocycles. The molecule has 0 spiro atoms. The molecule has 1 aliphatic heterocycles. The Balaban J connectivity index is 1.42. The van der Waals surface area contributed by atoms with Gasteiger partial charge in [-0.1, -0.05) is 11.6 Å². The third kappa shape index (κ3) is 4.56. The summed E-state index contributed by atoms with van der Waals surface area (Å²) in [5, 5.41) is 7.70. The molecule has 10 heteroatoms. The summed E-state index contributed by atoms with van der Waals surface area (Å²) < 4.78 is 14.3. The van der Waals surface area contributed by atoms with Crippen molar-refractivity contribution in [2.24, 2.45) is 0 Å². The molecule has 184 valence electrons. The van der Waals surface area contributed by atoms with Crippen molar-refractivity contribution in [2.45, 2.75) is 37.6 Å². The number of fused-ring (bicyclic) bond motifs is 1. The van der Waals surface area contributed by atoms with Crippen molar-refractivity contribution < 1.29 is 4.39 Å². The molecule has 6 rings (SSSR count). The smallest absolute Gasteiger partial charge is 0.167 e. The number of nitrogens with one attached hydrogen (secondary N) is 2. The van der Waals surface area contributed by atoms with Crippen LogP contribution >= 0.6 is 11.6 Å². The topological polar surface area (TPSA) is 91.8 Å². The standard InChI is InChI=1S/C26H26ClFN8/c1-36(18-5-7-29-8-6-18)26-23-19(15-2-3-15)13-30-14-21(23)33-24(35-26)16-4-9-31-22(10-16)34-25-20(28)11-17(27)12-32-25/h4,9-15,18,29H,2-3,5-8H2,1H3,(H,31,32,34). The Kier molecular flexibility index (Phi) is 6.10. The Morgan fingerprint density at radius 3 is 2.67 bits per heavy atom. The third-order valence-corrected chi connectivity index (χ3v) is 7.10. The summed E-state index contributed by atoms with van der Waals surface area (Å²) in [6.45, 7) is 1.99. The molecular formula is C26H26ClFN8. The predicted molar refractivity (Wildman–Crippen MR) is 139 cm³/mol. The molecule has 0 atom stereocenters. The van der Waals surface area contributed by atoms with E-state index in [4.69, 9.17) is 21.6 Å². The predicted octanol–water partition coefficient (Wildman–Crippen LogP) is 5.08. The van der Waals surface area contributed by atoms with E-state index in [1.54, 1.807) is 12.3 Å². The van der Waals surface area contributed by atoms with Crippen molar-refractivity contribution >= 4 is 40.0 Å². The van der Waals surface area contributed by atoms with Crippen LogP contribution in [0.3, 0.4) is 0 Å². The van der Waals surface area contributed by atoms with Gasteiger partial charge in [-0.25, -0.2) is 24.3 Å². The molecule has 2 fully saturated rings. The number of hydrogen-bond donors (Lipinski definition) is 2. The number of pyridine rings is 3. The first-order valence-electron chi connectivity index (χ1n) is 12.2. The summed E-state index contributed by atoms with van der Waals surface area (Å²) in [5.74, 6) is 1.96. The summed E-state index contributed by atoms with van der Waals surface area (Å²) in [4.78, 5) is 25.2. The van der Waals surface area contributed by atoms with Gasteiger partial charge < -0.3 is 15.5 Å². The molecule has 0 bridgehead atoms. The van der Waals surface area contributed by atoms with E-state index in [0.29, 0.717) is 23.6 Å². The Labute approximate surface area is 213 Å². The number of rotatable bonds is 6. The Morgan fingerprint density at radius 2 is 1.89 bits per heavy atom. The van der Waals surface area contributed by atoms with Crippen molar-refractivity contribution in [3.63, 3.8) is 0 Å². The van der Waals surface area contributed by atoms with Crippen LogP contribution < -0.4 is 15.5 Å². The van der Waals surface area contributed by atoms with Crippen LogP contribution in [0.25, 0.3) is 22.3 Å². The zero-order valence-corrected chi connectivity index (χ0v) is 20.6. The quantitative estimate of drug-likeness (QED) is 0.375. The van der Waals surface area contributed by atoms with Crippen LogP contribution in [0.15, 0.2) is 43.0 Å². The molecular weight excluding hydrogens is 479 g/mol. The number of piperidine rings is 1. The van der Waals surface area contributed by atoms with Gasteiger partial charge in [0.15, 0.2) is 17.5 Å². The van der Waals surface area contributed by atoms with Gasteiger partial charge in [-0.3, -0.25) is 4.98 Å². The monoisotopic (exact) mass is 504 g/mol. The van der Waals surface area contributed by atoms with E-state index in [9.17, 15) is 4.39 Å². The summed E-state index contributed by atoms with van der Waals surface area (Å²) >= 11 is 5.83. The molecule has 2 N–H and O–H groups in total. The number of halogens is 2. The highest BCUT2D eigenvalue weighted by atomic mass is 35.5. The lowest BCUT2D eigenvalue weighted by Gasteiger charge is -2.33. The van der Waals surface area contributed by atoms with E-state index in [0.717, 1.165) is 48.2 Å². The lowest BCUT2D eigenvalue weighted by Crippen LogP contribution is -2.41. The maximum Gasteiger partial charge on any atom is 0.167 e. The summed E-state index contributed by atoms with van der Waals surface area (Å²) in [6.07, 6.45) is 11.3. The normalized spacial score (nSPS) is 16.3. The van der Waals surface area contributed by atoms with Crippen LogP contribution in [0.5, 0.6) is 0 Å². The summed E-state index contributed by atoms with van der Waals surface area (Å²) in [6, 6.07) is 5.25. The third-order valence-electron chi connectivity index (χ3n) is 6.90. The molecule has 0 amide bonds. The minimum atomic E-state index is -0.554. The molecule has 0 radical (unpaired) electrons. The van der Waals surface area contributed by atoms with Gasteiger partial charge in [-0.05, 0) is 68.5 Å². The first-order valence-corrected chi connectivity index (χ1v) is 12.6. The molecule has 4 aromatic rings. The number of anilines is 3. The maximum atomic E-state index is 14.3. The largest absolute Gasteiger partial charge is 0.356 e. The summed E-state index contributed by atoms with van der Waals surface area (Å²) in [7, 11) is 2.13. The zero-order chi connectivity index (χ0) is 24.6. The molecule has 4 aromatic heterocycles. The van der Waals surface area contributed by atoms with Crippen LogP contribution in [0.2, 0.25) is 5.02 Å². The first kappa shape index (κ1) is 23.0. The van der Waals surface area contributed by atoms with E-state index >= 15 is 0 Å². The average molecular weight is 505 g/mol. The van der Waals surface area contributed by atoms with Crippen molar-refractivity contribution in [2.75, 3.05) is 30.4 Å². The Morgan fingerprint density at radius 1 is 1.06 bits per heavy atom. The van der Waals surface area contributed by atoms with Gasteiger partial charge in [0.2, 0.25) is 0 Å². The van der Waals surface area contributed by atoms with Gasteiger partial charge in [-0.2, -0.15) is 0 Å². The van der Waals surface area contributed by atoms with Gasteiger partial charge in [0.05, 0.1) is 16.7 Å². The zero-order valence-electron chi connectivity index (χ0n) is 19.9. The van der Waals surface area contributed by atoms with Crippen LogP contribution in [0, 0.1) is 5.82 Å². The van der Waals surface area contributed by atoms with Gasteiger partial charge in [0.1, 0.15) is 11.6 Å². The van der Waals surface area contributed by atoms with Gasteiger partial charge in [0, 0.05) is 42.6 Å². The molecule has 1 saturated carbocycles. The lowest BCUT2D eigenvalue weighted by atomic mass is 10.0. The van der Waals surface area contributed by atoms with E-state index < -0.39 is 5.82 Å². The fraction of sp³-hybridized carbons (Fsp3) is 0.346. The van der Waals surface area contributed by atoms with Crippen molar-refractivity contribution in [3.8, 4) is 11.4 Å². The highest BCUT2D eigenvalue weighted by Crippen LogP contribution is 2.45. The van der Waals surface area contributed by atoms with Crippen molar-refractivity contribution in [1.82, 2.24) is 30.2 Å². The molecule has 1 saturated heterocycles. The second-order valence-corrected chi connectivity index (χ2v) is 9.84. The Hall–Kier alpha value is -3.43. The average Bonchev–Trinajstić information content (AvgIpc) is 3.75. The molecule has 36 heavy (non-hydrogen) atoms. The molecule has 5 heterocycles. The minimum Gasteiger partial charge on any atom is -0.356 e. The second kappa shape index (κ2) is 9.55. The molecule has 8 nitrogen and oxygen atoms in total. The Bertz CT molecular complexity index is 1420. The highest BCUT2D eigenvalue weighted by Gasteiger charge is 2.30. The minimum absolute atomic E-state index is 0.0492. The van der Waals surface area contributed by atoms with Crippen LogP contribution in [-0.2, 0) is 0 Å². The first-order chi connectivity index (χ1) is 17.6. The molecule has 0 unspecified atom stereocenters. The van der Waals surface area contributed by atoms with Gasteiger partial charge >= 0.3 is 0 Å². The SMILES string of the molecule is CN(c1nc(-c2ccnc(Nc3ncc(Cl)cc3F)c2)nc2cncc(C3CC3)c12)C1CCNCC1. The number of hydrogen-bond acceptors (Lipinski definition) is 8. The van der Waals surface area contributed by atoms with E-state index in [2.05, 4.69) is 37.5 Å². The van der Waals surface area contributed by atoms with Gasteiger partial charge in [0.25, 0.3) is 0 Å².